The molecule has 0 bridgehead atoms. The predicted octanol–water partition coefficient (Wildman–Crippen LogP) is 2.34. The number of hydrogen-bond donors (Lipinski definition) is 1. The number of ketones is 1. The first-order valence-corrected chi connectivity index (χ1v) is 4.43. The molecule has 0 saturated carbocycles. The summed E-state index contributed by atoms with van der Waals surface area (Å²) in [7, 11) is 0. The lowest BCUT2D eigenvalue weighted by Gasteiger charge is -1.90. The number of benzene rings is 1. The first-order chi connectivity index (χ1) is 7.24. The molecule has 15 heavy (non-hydrogen) atoms. The van der Waals surface area contributed by atoms with Crippen LogP contribution in [0.15, 0.2) is 29.3 Å². The fraction of sp³-hybridized carbons (Fsp3) is 0.0909. The number of isocyanates is 1. The Balaban J connectivity index is 2.85. The maximum atomic E-state index is 11.3. The Morgan fingerprint density at radius 1 is 1.40 bits per heavy atom. The summed E-state index contributed by atoms with van der Waals surface area (Å²) in [6.07, 6.45) is 1.46. The largest absolute Gasteiger partial charge is 0.350 e. The molecule has 1 N–H and O–H groups in total. The molecule has 1 aromatic heterocycles. The molecule has 0 spiro atoms. The van der Waals surface area contributed by atoms with Gasteiger partial charge < -0.3 is 4.98 Å². The van der Waals surface area contributed by atoms with E-state index in [4.69, 9.17) is 0 Å². The van der Waals surface area contributed by atoms with Crippen molar-refractivity contribution in [3.05, 3.63) is 30.0 Å². The number of nitrogens with one attached hydrogen (secondary N) is 1. The van der Waals surface area contributed by atoms with Gasteiger partial charge in [0.05, 0.1) is 0 Å². The van der Waals surface area contributed by atoms with E-state index in [0.29, 0.717) is 11.4 Å². The number of carbonyl (C=O) groups excluding carboxylic acids is 2. The molecular formula is C11H8N2O2. The summed E-state index contributed by atoms with van der Waals surface area (Å²) in [5.41, 5.74) is 1.50. The summed E-state index contributed by atoms with van der Waals surface area (Å²) in [6, 6.07) is 7.29. The van der Waals surface area contributed by atoms with Gasteiger partial charge >= 0.3 is 0 Å². The normalized spacial score (nSPS) is 9.93. The number of rotatable bonds is 2. The van der Waals surface area contributed by atoms with Gasteiger partial charge in [-0.25, -0.2) is 4.79 Å². The number of carbonyl (C=O) groups is 1. The van der Waals surface area contributed by atoms with Crippen molar-refractivity contribution < 1.29 is 9.59 Å². The molecule has 1 aromatic carbocycles. The highest BCUT2D eigenvalue weighted by Crippen LogP contribution is 2.29. The van der Waals surface area contributed by atoms with E-state index in [9.17, 15) is 9.59 Å². The van der Waals surface area contributed by atoms with Crippen molar-refractivity contribution in [3.63, 3.8) is 0 Å². The molecular weight excluding hydrogens is 192 g/mol. The summed E-state index contributed by atoms with van der Waals surface area (Å²) >= 11 is 0. The predicted molar refractivity (Wildman–Crippen MR) is 56.1 cm³/mol. The number of aromatic nitrogens is 1. The zero-order chi connectivity index (χ0) is 10.8. The standard InChI is InChI=1S/C11H8N2O2/c1-7(15)10-11(12-6-14)8-4-2-3-5-9(8)13-10/h2-5,13H,1H3. The highest BCUT2D eigenvalue weighted by atomic mass is 16.1. The van der Waals surface area contributed by atoms with Gasteiger partial charge in [-0.05, 0) is 6.07 Å². The summed E-state index contributed by atoms with van der Waals surface area (Å²) in [6.45, 7) is 1.43. The Kier molecular flexibility index (Phi) is 2.20. The van der Waals surface area contributed by atoms with Gasteiger partial charge in [-0.1, -0.05) is 18.2 Å². The third-order valence-corrected chi connectivity index (χ3v) is 2.19. The highest BCUT2D eigenvalue weighted by molar-refractivity contribution is 6.07. The average Bonchev–Trinajstić information content (AvgIpc) is 2.58. The first-order valence-electron chi connectivity index (χ1n) is 4.43. The van der Waals surface area contributed by atoms with Crippen LogP contribution in [0.5, 0.6) is 0 Å². The van der Waals surface area contributed by atoms with E-state index in [1.807, 2.05) is 18.2 Å². The Labute approximate surface area is 85.6 Å². The number of aromatic amines is 1. The second-order valence-electron chi connectivity index (χ2n) is 3.15. The second kappa shape index (κ2) is 3.52. The molecule has 0 aliphatic rings. The van der Waals surface area contributed by atoms with Crippen LogP contribution in [-0.4, -0.2) is 16.8 Å². The SMILES string of the molecule is CC(=O)c1[nH]c2ccccc2c1N=C=O. The summed E-state index contributed by atoms with van der Waals surface area (Å²) < 4.78 is 0. The van der Waals surface area contributed by atoms with Gasteiger partial charge in [0.15, 0.2) is 5.78 Å². The first kappa shape index (κ1) is 9.37. The number of Topliss-reactive ketones (excluding diaryl/α,β-unsaturated/α-hetero) is 1. The van der Waals surface area contributed by atoms with Gasteiger partial charge in [-0.3, -0.25) is 4.79 Å². The fourth-order valence-corrected chi connectivity index (χ4v) is 1.54. The van der Waals surface area contributed by atoms with Gasteiger partial charge in [-0.15, -0.1) is 0 Å². The molecule has 0 fully saturated rings. The van der Waals surface area contributed by atoms with Crippen molar-refractivity contribution in [1.82, 2.24) is 4.98 Å². The molecule has 0 saturated heterocycles. The van der Waals surface area contributed by atoms with Gasteiger partial charge in [0.1, 0.15) is 11.4 Å². The lowest BCUT2D eigenvalue weighted by Crippen LogP contribution is -1.91. The van der Waals surface area contributed by atoms with Crippen molar-refractivity contribution in [3.8, 4) is 0 Å². The van der Waals surface area contributed by atoms with E-state index in [-0.39, 0.29) is 5.78 Å². The molecule has 0 radical (unpaired) electrons. The van der Waals surface area contributed by atoms with Gasteiger partial charge in [-0.2, -0.15) is 4.99 Å². The highest BCUT2D eigenvalue weighted by Gasteiger charge is 2.13. The molecule has 2 aromatic rings. The van der Waals surface area contributed by atoms with Crippen molar-refractivity contribution >= 4 is 28.5 Å². The molecule has 4 heteroatoms. The van der Waals surface area contributed by atoms with Crippen LogP contribution >= 0.6 is 0 Å². The van der Waals surface area contributed by atoms with Crippen LogP contribution < -0.4 is 0 Å². The number of nitrogens with zero attached hydrogens (tertiary/aromatic N) is 1. The zero-order valence-corrected chi connectivity index (χ0v) is 8.07. The van der Waals surface area contributed by atoms with Crippen LogP contribution in [0.25, 0.3) is 10.9 Å². The summed E-state index contributed by atoms with van der Waals surface area (Å²) in [4.78, 5) is 28.0. The number of para-hydroxylation sites is 1. The molecule has 74 valence electrons. The topological polar surface area (TPSA) is 62.3 Å². The maximum Gasteiger partial charge on any atom is 0.240 e. The van der Waals surface area contributed by atoms with Gasteiger partial charge in [0, 0.05) is 17.8 Å². The lowest BCUT2D eigenvalue weighted by atomic mass is 10.2. The number of aliphatic imine (C=N–C) groups is 1. The molecule has 0 unspecified atom stereocenters. The fourth-order valence-electron chi connectivity index (χ4n) is 1.54. The second-order valence-corrected chi connectivity index (χ2v) is 3.15. The van der Waals surface area contributed by atoms with Crippen LogP contribution in [0.4, 0.5) is 5.69 Å². The van der Waals surface area contributed by atoms with E-state index in [2.05, 4.69) is 9.98 Å². The molecule has 1 heterocycles. The van der Waals surface area contributed by atoms with Crippen molar-refractivity contribution in [2.75, 3.05) is 0 Å². The Morgan fingerprint density at radius 2 is 2.13 bits per heavy atom. The smallest absolute Gasteiger partial charge is 0.240 e. The molecule has 0 atom stereocenters. The lowest BCUT2D eigenvalue weighted by molar-refractivity contribution is 0.101. The summed E-state index contributed by atoms with van der Waals surface area (Å²) in [5.74, 6) is -0.153. The van der Waals surface area contributed by atoms with E-state index < -0.39 is 0 Å². The van der Waals surface area contributed by atoms with Gasteiger partial charge in [0.2, 0.25) is 6.08 Å². The third kappa shape index (κ3) is 1.47. The van der Waals surface area contributed by atoms with E-state index in [0.717, 1.165) is 10.9 Å². The average molecular weight is 200 g/mol. The van der Waals surface area contributed by atoms with Gasteiger partial charge in [0.25, 0.3) is 0 Å². The Hall–Kier alpha value is -2.19. The molecule has 4 nitrogen and oxygen atoms in total. The van der Waals surface area contributed by atoms with Crippen molar-refractivity contribution in [1.29, 1.82) is 0 Å². The number of hydrogen-bond acceptors (Lipinski definition) is 3. The molecule has 0 amide bonds. The molecule has 0 aliphatic carbocycles. The van der Waals surface area contributed by atoms with Crippen LogP contribution in [0.1, 0.15) is 17.4 Å². The minimum atomic E-state index is -0.153. The quantitative estimate of drug-likeness (QED) is 0.459. The summed E-state index contributed by atoms with van der Waals surface area (Å²) in [5, 5.41) is 0.756. The van der Waals surface area contributed by atoms with Crippen LogP contribution in [0, 0.1) is 0 Å². The Morgan fingerprint density at radius 3 is 2.80 bits per heavy atom. The van der Waals surface area contributed by atoms with E-state index >= 15 is 0 Å². The number of H-pyrrole nitrogens is 1. The number of fused-ring (bicyclic) bond motifs is 1. The third-order valence-electron chi connectivity index (χ3n) is 2.19. The maximum absolute atomic E-state index is 11.3. The van der Waals surface area contributed by atoms with Crippen LogP contribution in [0.3, 0.4) is 0 Å². The van der Waals surface area contributed by atoms with Crippen LogP contribution in [-0.2, 0) is 4.79 Å². The van der Waals surface area contributed by atoms with Crippen LogP contribution in [0.2, 0.25) is 0 Å². The minimum Gasteiger partial charge on any atom is -0.350 e. The molecule has 2 rings (SSSR count). The van der Waals surface area contributed by atoms with E-state index in [1.54, 1.807) is 6.07 Å². The van der Waals surface area contributed by atoms with Crippen molar-refractivity contribution in [2.45, 2.75) is 6.92 Å². The minimum absolute atomic E-state index is 0.153. The van der Waals surface area contributed by atoms with Crippen molar-refractivity contribution in [2.24, 2.45) is 4.99 Å². The van der Waals surface area contributed by atoms with E-state index in [1.165, 1.54) is 13.0 Å². The molecule has 0 aliphatic heterocycles. The zero-order valence-electron chi connectivity index (χ0n) is 8.07. The monoisotopic (exact) mass is 200 g/mol. The Bertz CT molecular complexity index is 577.